The second-order valence-corrected chi connectivity index (χ2v) is 5.38. The average Bonchev–Trinajstić information content (AvgIpc) is 3.01. The molecule has 0 fully saturated rings. The molecule has 23 heavy (non-hydrogen) atoms. The van der Waals surface area contributed by atoms with E-state index in [0.717, 1.165) is 41.7 Å². The van der Waals surface area contributed by atoms with E-state index in [2.05, 4.69) is 37.0 Å². The minimum Gasteiger partial charge on any atom is -0.363 e. The van der Waals surface area contributed by atoms with Gasteiger partial charge in [-0.1, -0.05) is 37.3 Å². The van der Waals surface area contributed by atoms with E-state index in [-0.39, 0.29) is 0 Å². The number of aryl methyl sites for hydroxylation is 2. The van der Waals surface area contributed by atoms with Gasteiger partial charge in [-0.05, 0) is 13.3 Å². The highest BCUT2D eigenvalue weighted by molar-refractivity contribution is 5.57. The molecule has 0 amide bonds. The largest absolute Gasteiger partial charge is 0.363 e. The lowest BCUT2D eigenvalue weighted by atomic mass is 10.2. The Morgan fingerprint density at radius 1 is 1.13 bits per heavy atom. The molecule has 1 N–H and O–H groups in total. The number of rotatable bonds is 6. The van der Waals surface area contributed by atoms with Crippen LogP contribution in [0.5, 0.6) is 0 Å². The lowest BCUT2D eigenvalue weighted by molar-refractivity contribution is 0.643. The first-order valence-electron chi connectivity index (χ1n) is 7.78. The van der Waals surface area contributed by atoms with Gasteiger partial charge in [0.15, 0.2) is 11.6 Å². The SMILES string of the molecule is CCCn1cnnc1CNc1cc(C)nc(-c2ccccc2)n1. The fraction of sp³-hybridized carbons (Fsp3) is 0.294. The van der Waals surface area contributed by atoms with Crippen LogP contribution in [0.15, 0.2) is 42.7 Å². The molecule has 0 saturated heterocycles. The molecule has 0 saturated carbocycles. The van der Waals surface area contributed by atoms with Crippen LogP contribution < -0.4 is 5.32 Å². The van der Waals surface area contributed by atoms with Crippen molar-refractivity contribution in [3.8, 4) is 11.4 Å². The van der Waals surface area contributed by atoms with Crippen molar-refractivity contribution >= 4 is 5.82 Å². The summed E-state index contributed by atoms with van der Waals surface area (Å²) in [5.41, 5.74) is 1.93. The van der Waals surface area contributed by atoms with Gasteiger partial charge in [0.05, 0.1) is 6.54 Å². The van der Waals surface area contributed by atoms with Crippen molar-refractivity contribution < 1.29 is 0 Å². The molecule has 3 aromatic rings. The molecular weight excluding hydrogens is 288 g/mol. The summed E-state index contributed by atoms with van der Waals surface area (Å²) in [6, 6.07) is 11.9. The third-order valence-electron chi connectivity index (χ3n) is 3.47. The number of hydrogen-bond donors (Lipinski definition) is 1. The highest BCUT2D eigenvalue weighted by Gasteiger charge is 2.07. The zero-order valence-corrected chi connectivity index (χ0v) is 13.4. The molecule has 1 aromatic carbocycles. The molecule has 6 nitrogen and oxygen atoms in total. The molecule has 0 aliphatic carbocycles. The van der Waals surface area contributed by atoms with Crippen LogP contribution in [-0.4, -0.2) is 24.7 Å². The first-order chi connectivity index (χ1) is 11.3. The third kappa shape index (κ3) is 3.71. The monoisotopic (exact) mass is 308 g/mol. The smallest absolute Gasteiger partial charge is 0.161 e. The molecule has 118 valence electrons. The van der Waals surface area contributed by atoms with Crippen molar-refractivity contribution in [2.24, 2.45) is 0 Å². The van der Waals surface area contributed by atoms with E-state index < -0.39 is 0 Å². The van der Waals surface area contributed by atoms with Crippen molar-refractivity contribution in [2.75, 3.05) is 5.32 Å². The van der Waals surface area contributed by atoms with Crippen LogP contribution in [0.3, 0.4) is 0 Å². The Labute approximate surface area is 135 Å². The number of nitrogens with one attached hydrogen (secondary N) is 1. The normalized spacial score (nSPS) is 10.7. The molecule has 0 bridgehead atoms. The van der Waals surface area contributed by atoms with Gasteiger partial charge in [0, 0.05) is 23.9 Å². The summed E-state index contributed by atoms with van der Waals surface area (Å²) in [4.78, 5) is 9.11. The Bertz CT molecular complexity index is 766. The van der Waals surface area contributed by atoms with Gasteiger partial charge in [0.2, 0.25) is 0 Å². The Morgan fingerprint density at radius 3 is 2.74 bits per heavy atom. The fourth-order valence-electron chi connectivity index (χ4n) is 2.39. The summed E-state index contributed by atoms with van der Waals surface area (Å²) >= 11 is 0. The number of anilines is 1. The van der Waals surface area contributed by atoms with E-state index in [1.54, 1.807) is 6.33 Å². The molecule has 0 atom stereocenters. The fourth-order valence-corrected chi connectivity index (χ4v) is 2.39. The van der Waals surface area contributed by atoms with E-state index in [4.69, 9.17) is 0 Å². The van der Waals surface area contributed by atoms with E-state index in [1.807, 2.05) is 43.3 Å². The zero-order valence-electron chi connectivity index (χ0n) is 13.4. The summed E-state index contributed by atoms with van der Waals surface area (Å²) in [5.74, 6) is 2.43. The summed E-state index contributed by atoms with van der Waals surface area (Å²) in [5, 5.41) is 11.5. The lowest BCUT2D eigenvalue weighted by Crippen LogP contribution is -2.10. The topological polar surface area (TPSA) is 68.5 Å². The molecule has 0 spiro atoms. The van der Waals surface area contributed by atoms with Gasteiger partial charge in [-0.2, -0.15) is 0 Å². The van der Waals surface area contributed by atoms with Gasteiger partial charge >= 0.3 is 0 Å². The number of nitrogens with zero attached hydrogens (tertiary/aromatic N) is 5. The van der Waals surface area contributed by atoms with Crippen molar-refractivity contribution in [1.82, 2.24) is 24.7 Å². The molecule has 0 radical (unpaired) electrons. The molecule has 2 heterocycles. The third-order valence-corrected chi connectivity index (χ3v) is 3.47. The molecular formula is C17H20N6. The Kier molecular flexibility index (Phi) is 4.61. The van der Waals surface area contributed by atoms with Gasteiger partial charge in [0.25, 0.3) is 0 Å². The Balaban J connectivity index is 1.78. The second-order valence-electron chi connectivity index (χ2n) is 5.38. The van der Waals surface area contributed by atoms with E-state index in [1.165, 1.54) is 0 Å². The number of aromatic nitrogens is 5. The highest BCUT2D eigenvalue weighted by atomic mass is 15.3. The predicted octanol–water partition coefficient (Wildman–Crippen LogP) is 3.07. The number of benzene rings is 1. The van der Waals surface area contributed by atoms with Crippen LogP contribution in [0.2, 0.25) is 0 Å². The maximum Gasteiger partial charge on any atom is 0.161 e. The standard InChI is InChI=1S/C17H20N6/c1-3-9-23-12-19-22-16(23)11-18-15-10-13(2)20-17(21-15)14-7-5-4-6-8-14/h4-8,10,12H,3,9,11H2,1-2H3,(H,18,20,21). The minimum absolute atomic E-state index is 0.588. The predicted molar refractivity (Wildman–Crippen MR) is 89.8 cm³/mol. The van der Waals surface area contributed by atoms with E-state index >= 15 is 0 Å². The highest BCUT2D eigenvalue weighted by Crippen LogP contribution is 2.17. The maximum atomic E-state index is 4.60. The van der Waals surface area contributed by atoms with Gasteiger partial charge in [0.1, 0.15) is 12.1 Å². The van der Waals surface area contributed by atoms with Crippen LogP contribution in [0.4, 0.5) is 5.82 Å². The van der Waals surface area contributed by atoms with Gasteiger partial charge in [-0.15, -0.1) is 10.2 Å². The van der Waals surface area contributed by atoms with Gasteiger partial charge in [-0.3, -0.25) is 0 Å². The zero-order chi connectivity index (χ0) is 16.1. The maximum absolute atomic E-state index is 4.60. The van der Waals surface area contributed by atoms with Crippen LogP contribution in [0.25, 0.3) is 11.4 Å². The van der Waals surface area contributed by atoms with Gasteiger partial charge < -0.3 is 9.88 Å². The molecule has 3 rings (SSSR count). The van der Waals surface area contributed by atoms with Crippen LogP contribution in [-0.2, 0) is 13.1 Å². The summed E-state index contributed by atoms with van der Waals surface area (Å²) in [6.07, 6.45) is 2.82. The molecule has 0 unspecified atom stereocenters. The number of hydrogen-bond acceptors (Lipinski definition) is 5. The molecule has 6 heteroatoms. The van der Waals surface area contributed by atoms with Crippen molar-refractivity contribution in [2.45, 2.75) is 33.4 Å². The Hall–Kier alpha value is -2.76. The summed E-state index contributed by atoms with van der Waals surface area (Å²) < 4.78 is 2.05. The van der Waals surface area contributed by atoms with Crippen LogP contribution in [0.1, 0.15) is 24.9 Å². The minimum atomic E-state index is 0.588. The quantitative estimate of drug-likeness (QED) is 0.758. The average molecular weight is 308 g/mol. The van der Waals surface area contributed by atoms with E-state index in [9.17, 15) is 0 Å². The lowest BCUT2D eigenvalue weighted by Gasteiger charge is -2.09. The molecule has 2 aromatic heterocycles. The van der Waals surface area contributed by atoms with Crippen LogP contribution in [0, 0.1) is 6.92 Å². The molecule has 0 aliphatic heterocycles. The first-order valence-corrected chi connectivity index (χ1v) is 7.78. The molecule has 0 aliphatic rings. The van der Waals surface area contributed by atoms with Crippen molar-refractivity contribution in [3.63, 3.8) is 0 Å². The first kappa shape index (κ1) is 15.1. The summed E-state index contributed by atoms with van der Waals surface area (Å²) in [6.45, 7) is 5.61. The Morgan fingerprint density at radius 2 is 1.96 bits per heavy atom. The van der Waals surface area contributed by atoms with Crippen LogP contribution >= 0.6 is 0 Å². The van der Waals surface area contributed by atoms with Gasteiger partial charge in [-0.25, -0.2) is 9.97 Å². The summed E-state index contributed by atoms with van der Waals surface area (Å²) in [7, 11) is 0. The van der Waals surface area contributed by atoms with Crippen molar-refractivity contribution in [3.05, 3.63) is 54.2 Å². The van der Waals surface area contributed by atoms with E-state index in [0.29, 0.717) is 6.54 Å². The van der Waals surface area contributed by atoms with Crippen molar-refractivity contribution in [1.29, 1.82) is 0 Å². The second kappa shape index (κ2) is 7.00.